The lowest BCUT2D eigenvalue weighted by atomic mass is 10.1. The van der Waals surface area contributed by atoms with E-state index >= 15 is 0 Å². The molecule has 1 saturated heterocycles. The van der Waals surface area contributed by atoms with Gasteiger partial charge in [-0.05, 0) is 38.5 Å². The van der Waals surface area contributed by atoms with Crippen molar-refractivity contribution < 1.29 is 14.4 Å². The van der Waals surface area contributed by atoms with Crippen molar-refractivity contribution in [2.45, 2.75) is 39.3 Å². The zero-order chi connectivity index (χ0) is 18.4. The van der Waals surface area contributed by atoms with Gasteiger partial charge < -0.3 is 14.5 Å². The zero-order valence-corrected chi connectivity index (χ0v) is 14.9. The van der Waals surface area contributed by atoms with Crippen molar-refractivity contribution in [2.75, 3.05) is 6.54 Å². The van der Waals surface area contributed by atoms with Crippen molar-refractivity contribution in [3.8, 4) is 0 Å². The monoisotopic (exact) mass is 352 g/mol. The number of amides is 1. The predicted molar refractivity (Wildman–Crippen MR) is 94.7 cm³/mol. The van der Waals surface area contributed by atoms with E-state index < -0.39 is 12.1 Å². The topological polar surface area (TPSA) is 92.4 Å². The number of hydrogen-bond donors (Lipinski definition) is 1. The smallest absolute Gasteiger partial charge is 0.256 e. The number of pyridine rings is 1. The van der Waals surface area contributed by atoms with E-state index in [-0.39, 0.29) is 12.5 Å². The molecule has 3 aromatic rings. The summed E-state index contributed by atoms with van der Waals surface area (Å²) in [7, 11) is 0. The number of aromatic nitrogens is 3. The fourth-order valence-electron chi connectivity index (χ4n) is 3.47. The van der Waals surface area contributed by atoms with Crippen LogP contribution in [0.25, 0.3) is 10.9 Å². The molecule has 2 aromatic heterocycles. The van der Waals surface area contributed by atoms with E-state index in [2.05, 4.69) is 15.1 Å². The number of benzene rings is 1. The second-order valence-electron chi connectivity index (χ2n) is 6.86. The first-order valence-corrected chi connectivity index (χ1v) is 8.59. The first-order valence-electron chi connectivity index (χ1n) is 8.59. The number of rotatable bonds is 2. The second-order valence-corrected chi connectivity index (χ2v) is 6.86. The fourth-order valence-corrected chi connectivity index (χ4v) is 3.47. The van der Waals surface area contributed by atoms with Crippen LogP contribution in [0.15, 0.2) is 28.8 Å². The summed E-state index contributed by atoms with van der Waals surface area (Å²) in [5.74, 6) is 0.678. The number of nitrogens with zero attached hydrogens (tertiary/aromatic N) is 4. The van der Waals surface area contributed by atoms with Crippen molar-refractivity contribution in [2.24, 2.45) is 0 Å². The van der Waals surface area contributed by atoms with Crippen LogP contribution >= 0.6 is 0 Å². The average molecular weight is 352 g/mol. The number of aryl methyl sites for hydroxylation is 3. The highest BCUT2D eigenvalue weighted by Crippen LogP contribution is 2.33. The molecular formula is C19H20N4O3. The van der Waals surface area contributed by atoms with Crippen LogP contribution < -0.4 is 0 Å². The molecule has 0 bridgehead atoms. The molecule has 0 saturated carbocycles. The van der Waals surface area contributed by atoms with Crippen molar-refractivity contribution in [3.63, 3.8) is 0 Å². The third-order valence-corrected chi connectivity index (χ3v) is 4.76. The van der Waals surface area contributed by atoms with Gasteiger partial charge in [-0.3, -0.25) is 9.78 Å². The van der Waals surface area contributed by atoms with Gasteiger partial charge in [-0.25, -0.2) is 0 Å². The minimum atomic E-state index is -0.618. The van der Waals surface area contributed by atoms with Crippen LogP contribution in [0.2, 0.25) is 0 Å². The van der Waals surface area contributed by atoms with Crippen LogP contribution in [0.3, 0.4) is 0 Å². The molecule has 134 valence electrons. The molecule has 1 N–H and O–H groups in total. The van der Waals surface area contributed by atoms with Crippen LogP contribution in [0, 0.1) is 20.8 Å². The molecule has 1 fully saturated rings. The number of aliphatic hydroxyl groups is 1. The summed E-state index contributed by atoms with van der Waals surface area (Å²) in [4.78, 5) is 23.6. The van der Waals surface area contributed by atoms with Crippen LogP contribution in [0.1, 0.15) is 45.8 Å². The molecule has 1 amide bonds. The summed E-state index contributed by atoms with van der Waals surface area (Å²) < 4.78 is 5.24. The Labute approximate surface area is 150 Å². The molecular weight excluding hydrogens is 332 g/mol. The van der Waals surface area contributed by atoms with Crippen LogP contribution in [-0.2, 0) is 0 Å². The van der Waals surface area contributed by atoms with Gasteiger partial charge in [-0.15, -0.1) is 0 Å². The number of carbonyl (C=O) groups is 1. The Morgan fingerprint density at radius 3 is 2.77 bits per heavy atom. The third kappa shape index (κ3) is 2.84. The molecule has 0 unspecified atom stereocenters. The van der Waals surface area contributed by atoms with E-state index in [1.807, 2.05) is 38.1 Å². The Kier molecular flexibility index (Phi) is 3.96. The van der Waals surface area contributed by atoms with E-state index in [1.54, 1.807) is 11.8 Å². The predicted octanol–water partition coefficient (Wildman–Crippen LogP) is 2.49. The van der Waals surface area contributed by atoms with Crippen molar-refractivity contribution in [3.05, 3.63) is 52.8 Å². The van der Waals surface area contributed by atoms with E-state index in [1.165, 1.54) is 0 Å². The Bertz CT molecular complexity index is 998. The summed E-state index contributed by atoms with van der Waals surface area (Å²) in [5, 5.41) is 14.8. The number of hydrogen-bond acceptors (Lipinski definition) is 6. The molecule has 1 aliphatic rings. The summed E-state index contributed by atoms with van der Waals surface area (Å²) in [6, 6.07) is 7.40. The summed E-state index contributed by atoms with van der Waals surface area (Å²) >= 11 is 0. The highest BCUT2D eigenvalue weighted by molar-refractivity contribution is 5.99. The minimum absolute atomic E-state index is 0.185. The molecule has 2 atom stereocenters. The maximum atomic E-state index is 13.2. The quantitative estimate of drug-likeness (QED) is 0.762. The van der Waals surface area contributed by atoms with Gasteiger partial charge in [0.2, 0.25) is 5.89 Å². The van der Waals surface area contributed by atoms with E-state index in [9.17, 15) is 9.90 Å². The summed E-state index contributed by atoms with van der Waals surface area (Å²) in [6.45, 7) is 5.80. The largest absolute Gasteiger partial charge is 0.391 e. The lowest BCUT2D eigenvalue weighted by Crippen LogP contribution is -2.32. The minimum Gasteiger partial charge on any atom is -0.391 e. The molecule has 26 heavy (non-hydrogen) atoms. The van der Waals surface area contributed by atoms with E-state index in [4.69, 9.17) is 4.52 Å². The highest BCUT2D eigenvalue weighted by Gasteiger charge is 2.39. The lowest BCUT2D eigenvalue weighted by molar-refractivity contribution is 0.0692. The molecule has 4 rings (SSSR count). The van der Waals surface area contributed by atoms with Crippen molar-refractivity contribution in [1.29, 1.82) is 0 Å². The summed E-state index contributed by atoms with van der Waals surface area (Å²) in [5.41, 5.74) is 3.18. The van der Waals surface area contributed by atoms with Crippen LogP contribution in [-0.4, -0.2) is 43.7 Å². The highest BCUT2D eigenvalue weighted by atomic mass is 16.5. The first-order chi connectivity index (χ1) is 12.4. The molecule has 0 radical (unpaired) electrons. The molecule has 1 aliphatic heterocycles. The van der Waals surface area contributed by atoms with Crippen molar-refractivity contribution >= 4 is 16.8 Å². The first kappa shape index (κ1) is 16.7. The van der Waals surface area contributed by atoms with E-state index in [0.29, 0.717) is 29.4 Å². The SMILES string of the molecule is Cc1ccc2cc(C(=O)N3C[C@H](O)C[C@@H]3c3nc(C)no3)c(C)nc2c1. The number of fused-ring (bicyclic) bond motifs is 1. The number of aliphatic hydroxyl groups excluding tert-OH is 1. The van der Waals surface area contributed by atoms with Gasteiger partial charge in [0.1, 0.15) is 6.04 Å². The second kappa shape index (κ2) is 6.17. The van der Waals surface area contributed by atoms with Gasteiger partial charge in [0.15, 0.2) is 5.82 Å². The number of β-amino-alcohol motifs (C(OH)–C–C–N with tert-alkyl or cyclic N) is 1. The van der Waals surface area contributed by atoms with Gasteiger partial charge in [-0.2, -0.15) is 4.98 Å². The zero-order valence-electron chi connectivity index (χ0n) is 14.9. The molecule has 1 aromatic carbocycles. The maximum absolute atomic E-state index is 13.2. The summed E-state index contributed by atoms with van der Waals surface area (Å²) in [6.07, 6.45) is -0.236. The Hall–Kier alpha value is -2.80. The third-order valence-electron chi connectivity index (χ3n) is 4.76. The normalized spacial score (nSPS) is 20.1. The number of carbonyl (C=O) groups excluding carboxylic acids is 1. The average Bonchev–Trinajstić information content (AvgIpc) is 3.19. The fraction of sp³-hybridized carbons (Fsp3) is 0.368. The Balaban J connectivity index is 1.73. The van der Waals surface area contributed by atoms with Gasteiger partial charge in [0.05, 0.1) is 22.9 Å². The number of likely N-dealkylation sites (tertiary alicyclic amines) is 1. The Morgan fingerprint density at radius 2 is 2.04 bits per heavy atom. The molecule has 0 spiro atoms. The molecule has 3 heterocycles. The lowest BCUT2D eigenvalue weighted by Gasteiger charge is -2.22. The van der Waals surface area contributed by atoms with Gasteiger partial charge in [-0.1, -0.05) is 17.3 Å². The van der Waals surface area contributed by atoms with Gasteiger partial charge in [0.25, 0.3) is 5.91 Å². The standard InChI is InChI=1S/C19H20N4O3/c1-10-4-5-13-7-15(11(2)20-16(13)6-10)19(25)23-9-14(24)8-17(23)18-21-12(3)22-26-18/h4-7,14,17,24H,8-9H2,1-3H3/t14-,17-/m1/s1. The van der Waals surface area contributed by atoms with E-state index in [0.717, 1.165) is 16.5 Å². The molecule has 7 nitrogen and oxygen atoms in total. The van der Waals surface area contributed by atoms with Gasteiger partial charge >= 0.3 is 0 Å². The molecule has 0 aliphatic carbocycles. The van der Waals surface area contributed by atoms with Gasteiger partial charge in [0, 0.05) is 18.4 Å². The van der Waals surface area contributed by atoms with Crippen LogP contribution in [0.4, 0.5) is 0 Å². The maximum Gasteiger partial charge on any atom is 0.256 e. The van der Waals surface area contributed by atoms with Crippen LogP contribution in [0.5, 0.6) is 0 Å². The molecule has 7 heteroatoms. The van der Waals surface area contributed by atoms with Crippen molar-refractivity contribution in [1.82, 2.24) is 20.0 Å². The Morgan fingerprint density at radius 1 is 1.23 bits per heavy atom.